The molecule has 5 heteroatoms. The molecule has 5 rings (SSSR count). The van der Waals surface area contributed by atoms with E-state index in [1.165, 1.54) is 0 Å². The summed E-state index contributed by atoms with van der Waals surface area (Å²) in [6.45, 7) is 4.55. The van der Waals surface area contributed by atoms with Crippen LogP contribution in [0.2, 0.25) is 0 Å². The molecular formula is C27H29N3O2. The number of rotatable bonds is 6. The largest absolute Gasteiger partial charge is 0.497 e. The summed E-state index contributed by atoms with van der Waals surface area (Å²) in [6.07, 6.45) is 4.87. The van der Waals surface area contributed by atoms with E-state index in [0.29, 0.717) is 6.54 Å². The van der Waals surface area contributed by atoms with Crippen molar-refractivity contribution in [1.82, 2.24) is 4.98 Å². The quantitative estimate of drug-likeness (QED) is 0.559. The van der Waals surface area contributed by atoms with Gasteiger partial charge in [0.1, 0.15) is 17.0 Å². The number of hydrogen-bond donors (Lipinski definition) is 0. The molecule has 0 aliphatic carbocycles. The second-order valence-corrected chi connectivity index (χ2v) is 8.63. The van der Waals surface area contributed by atoms with Crippen LogP contribution < -0.4 is 14.5 Å². The Morgan fingerprint density at radius 1 is 1.03 bits per heavy atom. The smallest absolute Gasteiger partial charge is 0.242 e. The molecule has 0 bridgehead atoms. The first-order chi connectivity index (χ1) is 15.7. The fourth-order valence-corrected chi connectivity index (χ4v) is 5.19. The average Bonchev–Trinajstić information content (AvgIpc) is 3.08. The fraction of sp³-hybridized carbons (Fsp3) is 0.333. The lowest BCUT2D eigenvalue weighted by atomic mass is 9.71. The summed E-state index contributed by atoms with van der Waals surface area (Å²) in [5.41, 5.74) is 3.55. The van der Waals surface area contributed by atoms with E-state index >= 15 is 0 Å². The topological polar surface area (TPSA) is 45.7 Å². The van der Waals surface area contributed by atoms with E-state index in [1.54, 1.807) is 7.11 Å². The van der Waals surface area contributed by atoms with Gasteiger partial charge in [-0.2, -0.15) is 0 Å². The van der Waals surface area contributed by atoms with Crippen LogP contribution in [0.1, 0.15) is 42.9 Å². The highest BCUT2D eigenvalue weighted by Crippen LogP contribution is 2.52. The van der Waals surface area contributed by atoms with Gasteiger partial charge >= 0.3 is 0 Å². The van der Waals surface area contributed by atoms with Gasteiger partial charge in [-0.3, -0.25) is 4.79 Å². The first-order valence-corrected chi connectivity index (χ1v) is 11.4. The van der Waals surface area contributed by atoms with Crippen molar-refractivity contribution in [3.05, 3.63) is 83.6 Å². The summed E-state index contributed by atoms with van der Waals surface area (Å²) in [5.74, 6) is 1.93. The number of benzene rings is 2. The zero-order valence-corrected chi connectivity index (χ0v) is 18.8. The van der Waals surface area contributed by atoms with Crippen LogP contribution in [0, 0.1) is 0 Å². The molecule has 1 aromatic heterocycles. The Bertz CT molecular complexity index is 1130. The van der Waals surface area contributed by atoms with Gasteiger partial charge in [-0.1, -0.05) is 49.7 Å². The molecule has 164 valence electrons. The highest BCUT2D eigenvalue weighted by molar-refractivity contribution is 6.11. The number of hydrogen-bond acceptors (Lipinski definition) is 4. The van der Waals surface area contributed by atoms with E-state index in [-0.39, 0.29) is 5.91 Å². The third kappa shape index (κ3) is 3.15. The minimum absolute atomic E-state index is 0.152. The van der Waals surface area contributed by atoms with Crippen LogP contribution in [0.25, 0.3) is 0 Å². The average molecular weight is 428 g/mol. The number of para-hydroxylation sites is 1. The predicted molar refractivity (Wildman–Crippen MR) is 127 cm³/mol. The molecule has 1 unspecified atom stereocenters. The molecule has 3 heterocycles. The van der Waals surface area contributed by atoms with Crippen molar-refractivity contribution in [3.8, 4) is 5.75 Å². The minimum atomic E-state index is -0.671. The number of amides is 1. The van der Waals surface area contributed by atoms with Crippen molar-refractivity contribution in [2.24, 2.45) is 0 Å². The van der Waals surface area contributed by atoms with Gasteiger partial charge in [-0.25, -0.2) is 4.98 Å². The van der Waals surface area contributed by atoms with Crippen molar-refractivity contribution in [1.29, 1.82) is 0 Å². The van der Waals surface area contributed by atoms with Gasteiger partial charge in [-0.15, -0.1) is 0 Å². The van der Waals surface area contributed by atoms with Crippen molar-refractivity contribution in [2.45, 2.75) is 38.1 Å². The molecular weight excluding hydrogens is 398 g/mol. The Balaban J connectivity index is 1.58. The van der Waals surface area contributed by atoms with Crippen LogP contribution in [0.3, 0.4) is 0 Å². The number of fused-ring (bicyclic) bond motifs is 4. The monoisotopic (exact) mass is 427 g/mol. The Kier molecular flexibility index (Phi) is 5.33. The summed E-state index contributed by atoms with van der Waals surface area (Å²) in [7, 11) is 1.66. The number of unbranched alkanes of at least 4 members (excludes halogenated alkanes) is 1. The van der Waals surface area contributed by atoms with E-state index in [0.717, 1.165) is 66.3 Å². The van der Waals surface area contributed by atoms with Crippen LogP contribution in [0.4, 0.5) is 11.5 Å². The minimum Gasteiger partial charge on any atom is -0.497 e. The third-order valence-corrected chi connectivity index (χ3v) is 6.85. The molecule has 0 fully saturated rings. The van der Waals surface area contributed by atoms with Gasteiger partial charge in [-0.05, 0) is 48.2 Å². The molecule has 0 saturated heterocycles. The van der Waals surface area contributed by atoms with Crippen molar-refractivity contribution < 1.29 is 9.53 Å². The van der Waals surface area contributed by atoms with E-state index in [2.05, 4.69) is 30.0 Å². The second-order valence-electron chi connectivity index (χ2n) is 8.63. The molecule has 1 spiro atoms. The van der Waals surface area contributed by atoms with E-state index in [9.17, 15) is 4.79 Å². The Morgan fingerprint density at radius 2 is 1.81 bits per heavy atom. The lowest BCUT2D eigenvalue weighted by Crippen LogP contribution is -2.48. The lowest BCUT2D eigenvalue weighted by Gasteiger charge is -2.40. The number of methoxy groups -OCH3 is 1. The normalized spacial score (nSPS) is 19.2. The van der Waals surface area contributed by atoms with Crippen LogP contribution in [-0.4, -0.2) is 31.1 Å². The molecule has 1 amide bonds. The van der Waals surface area contributed by atoms with Crippen molar-refractivity contribution in [3.63, 3.8) is 0 Å². The van der Waals surface area contributed by atoms with Gasteiger partial charge in [0.25, 0.3) is 0 Å². The van der Waals surface area contributed by atoms with E-state index in [4.69, 9.17) is 9.72 Å². The maximum atomic E-state index is 14.2. The van der Waals surface area contributed by atoms with Gasteiger partial charge < -0.3 is 14.5 Å². The highest BCUT2D eigenvalue weighted by Gasteiger charge is 2.55. The summed E-state index contributed by atoms with van der Waals surface area (Å²) in [6, 6.07) is 20.3. The summed E-state index contributed by atoms with van der Waals surface area (Å²) < 4.78 is 5.29. The SMILES string of the molecule is CCCCN1CCC2(C(=O)N(Cc3ccc(OC)cc3)c3ccccc32)c2cccnc21. The Hall–Kier alpha value is -3.34. The van der Waals surface area contributed by atoms with Gasteiger partial charge in [0.15, 0.2) is 0 Å². The summed E-state index contributed by atoms with van der Waals surface area (Å²) in [5, 5.41) is 0. The number of carbonyl (C=O) groups excluding carboxylic acids is 1. The highest BCUT2D eigenvalue weighted by atomic mass is 16.5. The zero-order valence-electron chi connectivity index (χ0n) is 18.8. The lowest BCUT2D eigenvalue weighted by molar-refractivity contribution is -0.122. The number of nitrogens with zero attached hydrogens (tertiary/aromatic N) is 3. The number of ether oxygens (including phenoxy) is 1. The molecule has 0 radical (unpaired) electrons. The van der Waals surface area contributed by atoms with Gasteiger partial charge in [0.2, 0.25) is 5.91 Å². The molecule has 5 nitrogen and oxygen atoms in total. The van der Waals surface area contributed by atoms with Crippen LogP contribution in [0.5, 0.6) is 5.75 Å². The maximum Gasteiger partial charge on any atom is 0.242 e. The number of anilines is 2. The van der Waals surface area contributed by atoms with Crippen LogP contribution in [0.15, 0.2) is 66.9 Å². The van der Waals surface area contributed by atoms with Gasteiger partial charge in [0.05, 0.1) is 13.7 Å². The van der Waals surface area contributed by atoms with Crippen molar-refractivity contribution >= 4 is 17.4 Å². The number of pyridine rings is 1. The summed E-state index contributed by atoms with van der Waals surface area (Å²) >= 11 is 0. The molecule has 0 saturated carbocycles. The standard InChI is InChI=1S/C27H29N3O2/c1-3-4-17-29-18-15-27(23-9-7-16-28-25(23)29)22-8-5-6-10-24(22)30(26(27)31)19-20-11-13-21(32-2)14-12-20/h5-14,16H,3-4,15,17-19H2,1-2H3. The fourth-order valence-electron chi connectivity index (χ4n) is 5.19. The second kappa shape index (κ2) is 8.30. The van der Waals surface area contributed by atoms with E-state index < -0.39 is 5.41 Å². The Morgan fingerprint density at radius 3 is 2.59 bits per heavy atom. The van der Waals surface area contributed by atoms with Crippen LogP contribution >= 0.6 is 0 Å². The number of aromatic nitrogens is 1. The molecule has 3 aromatic rings. The Labute approximate surface area is 189 Å². The molecule has 2 aliphatic rings. The van der Waals surface area contributed by atoms with Crippen LogP contribution in [-0.2, 0) is 16.8 Å². The maximum absolute atomic E-state index is 14.2. The third-order valence-electron chi connectivity index (χ3n) is 6.85. The molecule has 2 aliphatic heterocycles. The molecule has 32 heavy (non-hydrogen) atoms. The molecule has 0 N–H and O–H groups in total. The first-order valence-electron chi connectivity index (χ1n) is 11.4. The predicted octanol–water partition coefficient (Wildman–Crippen LogP) is 4.93. The zero-order chi connectivity index (χ0) is 22.1. The van der Waals surface area contributed by atoms with E-state index in [1.807, 2.05) is 53.6 Å². The molecule has 2 aromatic carbocycles. The van der Waals surface area contributed by atoms with Gasteiger partial charge in [0, 0.05) is 30.5 Å². The number of carbonyl (C=O) groups is 1. The van der Waals surface area contributed by atoms with Crippen molar-refractivity contribution in [2.75, 3.05) is 30.0 Å². The summed E-state index contributed by atoms with van der Waals surface area (Å²) in [4.78, 5) is 23.3. The first kappa shape index (κ1) is 20.6. The molecule has 1 atom stereocenters.